The summed E-state index contributed by atoms with van der Waals surface area (Å²) in [6.07, 6.45) is 1.87. The topological polar surface area (TPSA) is 76.2 Å². The summed E-state index contributed by atoms with van der Waals surface area (Å²) in [5.41, 5.74) is 3.61. The molecule has 0 radical (unpaired) electrons. The maximum atomic E-state index is 12.7. The second-order valence-electron chi connectivity index (χ2n) is 6.57. The standard InChI is InChI=1S/C21H16N4O2/c1-12-7-9-17(27-12)14-8-10-18-23-21(24-25(18)11-14)19-13(2)20(26)15-5-3-4-6-16(15)22-19/h3-11H,1-2H3,(H,22,26). The SMILES string of the molecule is Cc1ccc(-c2ccc3nc(-c4[nH]c5ccccc5c(=O)c4C)nn3c2)o1. The zero-order chi connectivity index (χ0) is 18.5. The van der Waals surface area contributed by atoms with Crippen molar-refractivity contribution < 1.29 is 4.42 Å². The number of rotatable bonds is 2. The van der Waals surface area contributed by atoms with E-state index in [9.17, 15) is 4.79 Å². The Kier molecular flexibility index (Phi) is 3.27. The van der Waals surface area contributed by atoms with E-state index in [1.54, 1.807) is 11.4 Å². The predicted octanol–water partition coefficient (Wildman–Crippen LogP) is 4.11. The van der Waals surface area contributed by atoms with Crippen LogP contribution in [0.15, 0.2) is 63.9 Å². The highest BCUT2D eigenvalue weighted by molar-refractivity contribution is 5.82. The molecular formula is C21H16N4O2. The summed E-state index contributed by atoms with van der Waals surface area (Å²) in [4.78, 5) is 20.6. The fourth-order valence-corrected chi connectivity index (χ4v) is 3.28. The van der Waals surface area contributed by atoms with Crippen LogP contribution in [0, 0.1) is 13.8 Å². The van der Waals surface area contributed by atoms with Gasteiger partial charge >= 0.3 is 0 Å². The molecule has 27 heavy (non-hydrogen) atoms. The number of aryl methyl sites for hydroxylation is 1. The van der Waals surface area contributed by atoms with E-state index < -0.39 is 0 Å². The predicted molar refractivity (Wildman–Crippen MR) is 104 cm³/mol. The number of furan rings is 1. The Morgan fingerprint density at radius 2 is 1.89 bits per heavy atom. The van der Waals surface area contributed by atoms with Crippen LogP contribution >= 0.6 is 0 Å². The Balaban J connectivity index is 1.69. The molecule has 4 heterocycles. The summed E-state index contributed by atoms with van der Waals surface area (Å²) >= 11 is 0. The summed E-state index contributed by atoms with van der Waals surface area (Å²) in [6.45, 7) is 3.71. The van der Waals surface area contributed by atoms with Crippen LogP contribution in [-0.2, 0) is 0 Å². The third-order valence-corrected chi connectivity index (χ3v) is 4.73. The lowest BCUT2D eigenvalue weighted by molar-refractivity contribution is 0.548. The summed E-state index contributed by atoms with van der Waals surface area (Å²) in [5.74, 6) is 2.12. The minimum absolute atomic E-state index is 0.00930. The molecule has 0 aliphatic heterocycles. The number of H-pyrrole nitrogens is 1. The first-order chi connectivity index (χ1) is 13.1. The number of nitrogens with zero attached hydrogens (tertiary/aromatic N) is 3. The molecular weight excluding hydrogens is 340 g/mol. The van der Waals surface area contributed by atoms with Crippen LogP contribution in [0.2, 0.25) is 0 Å². The third-order valence-electron chi connectivity index (χ3n) is 4.73. The van der Waals surface area contributed by atoms with Crippen molar-refractivity contribution in [2.24, 2.45) is 0 Å². The zero-order valence-corrected chi connectivity index (χ0v) is 14.9. The molecule has 1 N–H and O–H groups in total. The number of benzene rings is 1. The Morgan fingerprint density at radius 3 is 2.70 bits per heavy atom. The van der Waals surface area contributed by atoms with E-state index in [-0.39, 0.29) is 5.43 Å². The van der Waals surface area contributed by atoms with Crippen molar-refractivity contribution in [1.29, 1.82) is 0 Å². The smallest absolute Gasteiger partial charge is 0.198 e. The zero-order valence-electron chi connectivity index (χ0n) is 14.9. The van der Waals surface area contributed by atoms with Gasteiger partial charge in [-0.2, -0.15) is 0 Å². The molecule has 0 aliphatic rings. The number of pyridine rings is 2. The fourth-order valence-electron chi connectivity index (χ4n) is 3.28. The van der Waals surface area contributed by atoms with Gasteiger partial charge in [0.15, 0.2) is 16.9 Å². The van der Waals surface area contributed by atoms with Gasteiger partial charge in [0, 0.05) is 28.2 Å². The van der Waals surface area contributed by atoms with Crippen LogP contribution in [0.1, 0.15) is 11.3 Å². The van der Waals surface area contributed by atoms with Gasteiger partial charge in [-0.3, -0.25) is 4.79 Å². The number of hydrogen-bond acceptors (Lipinski definition) is 4. The first-order valence-electron chi connectivity index (χ1n) is 8.65. The summed E-state index contributed by atoms with van der Waals surface area (Å²) in [7, 11) is 0. The molecule has 5 aromatic rings. The number of fused-ring (bicyclic) bond motifs is 2. The highest BCUT2D eigenvalue weighted by Gasteiger charge is 2.15. The largest absolute Gasteiger partial charge is 0.461 e. The summed E-state index contributed by atoms with van der Waals surface area (Å²) in [6, 6.07) is 15.1. The van der Waals surface area contributed by atoms with Gasteiger partial charge in [-0.05, 0) is 50.2 Å². The summed E-state index contributed by atoms with van der Waals surface area (Å²) in [5, 5.41) is 5.24. The second kappa shape index (κ2) is 5.67. The molecule has 0 saturated carbocycles. The highest BCUT2D eigenvalue weighted by Crippen LogP contribution is 2.24. The molecule has 5 rings (SSSR count). The fraction of sp³-hybridized carbons (Fsp3) is 0.0952. The van der Waals surface area contributed by atoms with Gasteiger partial charge in [-0.15, -0.1) is 5.10 Å². The van der Waals surface area contributed by atoms with Crippen LogP contribution in [0.5, 0.6) is 0 Å². The lowest BCUT2D eigenvalue weighted by atomic mass is 10.1. The quantitative estimate of drug-likeness (QED) is 0.516. The number of hydrogen-bond donors (Lipinski definition) is 1. The van der Waals surface area contributed by atoms with Gasteiger partial charge in [0.2, 0.25) is 0 Å². The Labute approximate surface area is 154 Å². The lowest BCUT2D eigenvalue weighted by Gasteiger charge is -2.04. The van der Waals surface area contributed by atoms with Crippen molar-refractivity contribution >= 4 is 16.6 Å². The van der Waals surface area contributed by atoms with Crippen molar-refractivity contribution in [3.05, 3.63) is 76.3 Å². The maximum Gasteiger partial charge on any atom is 0.198 e. The van der Waals surface area contributed by atoms with Crippen molar-refractivity contribution in [3.8, 4) is 22.8 Å². The van der Waals surface area contributed by atoms with Crippen LogP contribution in [0.3, 0.4) is 0 Å². The maximum absolute atomic E-state index is 12.7. The van der Waals surface area contributed by atoms with Crippen LogP contribution in [-0.4, -0.2) is 19.6 Å². The average molecular weight is 356 g/mol. The molecule has 0 fully saturated rings. The van der Waals surface area contributed by atoms with E-state index in [1.165, 1.54) is 0 Å². The van der Waals surface area contributed by atoms with E-state index in [0.29, 0.717) is 28.1 Å². The van der Waals surface area contributed by atoms with Gasteiger partial charge < -0.3 is 9.40 Å². The molecule has 0 saturated heterocycles. The molecule has 6 heteroatoms. The van der Waals surface area contributed by atoms with Gasteiger partial charge in [0.25, 0.3) is 0 Å². The number of para-hydroxylation sites is 1. The van der Waals surface area contributed by atoms with Gasteiger partial charge in [0.05, 0.1) is 5.69 Å². The van der Waals surface area contributed by atoms with Crippen LogP contribution < -0.4 is 5.43 Å². The minimum atomic E-state index is -0.00930. The van der Waals surface area contributed by atoms with Crippen LogP contribution in [0.4, 0.5) is 0 Å². The highest BCUT2D eigenvalue weighted by atomic mass is 16.3. The second-order valence-corrected chi connectivity index (χ2v) is 6.57. The molecule has 1 aromatic carbocycles. The number of aromatic amines is 1. The van der Waals surface area contributed by atoms with Crippen molar-refractivity contribution in [1.82, 2.24) is 19.6 Å². The van der Waals surface area contributed by atoms with Gasteiger partial charge in [-0.25, -0.2) is 9.50 Å². The molecule has 0 bridgehead atoms. The average Bonchev–Trinajstić information content (AvgIpc) is 3.30. The van der Waals surface area contributed by atoms with E-state index >= 15 is 0 Å². The molecule has 0 atom stereocenters. The van der Waals surface area contributed by atoms with Crippen molar-refractivity contribution in [2.75, 3.05) is 0 Å². The van der Waals surface area contributed by atoms with Gasteiger partial charge in [-0.1, -0.05) is 12.1 Å². The minimum Gasteiger partial charge on any atom is -0.461 e. The molecule has 0 amide bonds. The van der Waals surface area contributed by atoms with E-state index in [1.807, 2.05) is 61.7 Å². The first kappa shape index (κ1) is 15.6. The molecule has 132 valence electrons. The van der Waals surface area contributed by atoms with Crippen molar-refractivity contribution in [2.45, 2.75) is 13.8 Å². The van der Waals surface area contributed by atoms with E-state index in [4.69, 9.17) is 4.42 Å². The molecule has 0 unspecified atom stereocenters. The molecule has 6 nitrogen and oxygen atoms in total. The van der Waals surface area contributed by atoms with Crippen molar-refractivity contribution in [3.63, 3.8) is 0 Å². The van der Waals surface area contributed by atoms with E-state index in [0.717, 1.165) is 22.6 Å². The number of aromatic nitrogens is 4. The van der Waals surface area contributed by atoms with Gasteiger partial charge in [0.1, 0.15) is 11.5 Å². The van der Waals surface area contributed by atoms with E-state index in [2.05, 4.69) is 15.1 Å². The Morgan fingerprint density at radius 1 is 1.04 bits per heavy atom. The monoisotopic (exact) mass is 356 g/mol. The van der Waals surface area contributed by atoms with Crippen LogP contribution in [0.25, 0.3) is 39.4 Å². The molecule has 0 aliphatic carbocycles. The third kappa shape index (κ3) is 2.45. The summed E-state index contributed by atoms with van der Waals surface area (Å²) < 4.78 is 7.39. The Bertz CT molecular complexity index is 1370. The lowest BCUT2D eigenvalue weighted by Crippen LogP contribution is -2.09. The molecule has 0 spiro atoms. The number of nitrogens with one attached hydrogen (secondary N) is 1. The normalized spacial score (nSPS) is 11.5. The molecule has 4 aromatic heterocycles. The first-order valence-corrected chi connectivity index (χ1v) is 8.65. The Hall–Kier alpha value is -3.67.